The molecule has 0 radical (unpaired) electrons. The molecule has 39 heavy (non-hydrogen) atoms. The first-order valence-corrected chi connectivity index (χ1v) is 12.6. The van der Waals surface area contributed by atoms with Gasteiger partial charge >= 0.3 is 6.18 Å². The van der Waals surface area contributed by atoms with Gasteiger partial charge in [0.2, 0.25) is 11.9 Å². The van der Waals surface area contributed by atoms with Crippen LogP contribution in [0.15, 0.2) is 42.6 Å². The molecule has 3 aromatic rings. The lowest BCUT2D eigenvalue weighted by molar-refractivity contribution is -0.137. The van der Waals surface area contributed by atoms with Crippen molar-refractivity contribution in [1.82, 2.24) is 15.3 Å². The Morgan fingerprint density at radius 2 is 1.92 bits per heavy atom. The van der Waals surface area contributed by atoms with Gasteiger partial charge in [0.25, 0.3) is 0 Å². The van der Waals surface area contributed by atoms with Gasteiger partial charge < -0.3 is 30.9 Å². The standard InChI is InChI=1S/C27H30F3N7O2/c1-26(2)22-16(5-4-6-20(22)34-24(26)38)14-32-23-18(27(28,29)30)15-33-25(36-23)35-19-8-7-17(13-21(19)39-3)37-11-9-31-10-12-37/h4-8,13,15,31H,9-12,14H2,1-3H3,(H,34,38)(H2,32,33,35,36). The molecule has 1 saturated heterocycles. The summed E-state index contributed by atoms with van der Waals surface area (Å²) in [5.41, 5.74) is 1.80. The zero-order chi connectivity index (χ0) is 27.8. The fraction of sp³-hybridized carbons (Fsp3) is 0.370. The first kappa shape index (κ1) is 26.5. The van der Waals surface area contributed by atoms with E-state index in [0.717, 1.165) is 43.6 Å². The Labute approximate surface area is 224 Å². The predicted molar refractivity (Wildman–Crippen MR) is 144 cm³/mol. The van der Waals surface area contributed by atoms with Gasteiger partial charge in [-0.25, -0.2) is 4.98 Å². The molecule has 1 amide bonds. The molecule has 0 bridgehead atoms. The number of halogens is 3. The van der Waals surface area contributed by atoms with Gasteiger partial charge in [0.05, 0.1) is 18.2 Å². The van der Waals surface area contributed by atoms with Crippen LogP contribution < -0.4 is 30.9 Å². The summed E-state index contributed by atoms with van der Waals surface area (Å²) in [7, 11) is 1.53. The minimum atomic E-state index is -4.67. The highest BCUT2D eigenvalue weighted by molar-refractivity contribution is 6.06. The molecule has 2 aromatic carbocycles. The van der Waals surface area contributed by atoms with Gasteiger partial charge in [-0.05, 0) is 43.2 Å². The molecule has 2 aliphatic rings. The Morgan fingerprint density at radius 1 is 1.15 bits per heavy atom. The first-order chi connectivity index (χ1) is 18.6. The average molecular weight is 542 g/mol. The van der Waals surface area contributed by atoms with Crippen LogP contribution in [-0.4, -0.2) is 49.2 Å². The zero-order valence-corrected chi connectivity index (χ0v) is 21.9. The van der Waals surface area contributed by atoms with Gasteiger partial charge in [0, 0.05) is 56.4 Å². The molecular formula is C27H30F3N7O2. The second kappa shape index (κ2) is 10.3. The SMILES string of the molecule is COc1cc(N2CCNCC2)ccc1Nc1ncc(C(F)(F)F)c(NCc2cccc3c2C(C)(C)C(=O)N3)n1. The second-order valence-electron chi connectivity index (χ2n) is 9.97. The van der Waals surface area contributed by atoms with Crippen molar-refractivity contribution >= 4 is 34.7 Å². The van der Waals surface area contributed by atoms with Crippen LogP contribution in [-0.2, 0) is 22.9 Å². The van der Waals surface area contributed by atoms with E-state index in [-0.39, 0.29) is 24.2 Å². The predicted octanol–water partition coefficient (Wildman–Crippen LogP) is 4.50. The van der Waals surface area contributed by atoms with E-state index in [2.05, 4.69) is 36.1 Å². The van der Waals surface area contributed by atoms with Gasteiger partial charge in [-0.15, -0.1) is 0 Å². The maximum atomic E-state index is 13.8. The number of benzene rings is 2. The van der Waals surface area contributed by atoms with E-state index in [9.17, 15) is 18.0 Å². The molecule has 0 atom stereocenters. The van der Waals surface area contributed by atoms with E-state index >= 15 is 0 Å². The molecule has 4 N–H and O–H groups in total. The summed E-state index contributed by atoms with van der Waals surface area (Å²) in [6.07, 6.45) is -3.91. The van der Waals surface area contributed by atoms with E-state index in [0.29, 0.717) is 22.7 Å². The van der Waals surface area contributed by atoms with Crippen LogP contribution in [0.1, 0.15) is 30.5 Å². The van der Waals surface area contributed by atoms with Crippen molar-refractivity contribution in [3.8, 4) is 5.75 Å². The molecule has 3 heterocycles. The molecule has 2 aliphatic heterocycles. The van der Waals surface area contributed by atoms with Crippen LogP contribution in [0.5, 0.6) is 5.75 Å². The average Bonchev–Trinajstić information content (AvgIpc) is 3.15. The van der Waals surface area contributed by atoms with Crippen molar-refractivity contribution in [1.29, 1.82) is 0 Å². The maximum absolute atomic E-state index is 13.8. The molecule has 206 valence electrons. The lowest BCUT2D eigenvalue weighted by Gasteiger charge is -2.30. The molecule has 0 unspecified atom stereocenters. The largest absolute Gasteiger partial charge is 0.494 e. The summed E-state index contributed by atoms with van der Waals surface area (Å²) in [6, 6.07) is 10.9. The molecule has 9 nitrogen and oxygen atoms in total. The number of hydrogen-bond acceptors (Lipinski definition) is 8. The zero-order valence-electron chi connectivity index (χ0n) is 21.9. The van der Waals surface area contributed by atoms with Crippen molar-refractivity contribution in [3.63, 3.8) is 0 Å². The topological polar surface area (TPSA) is 103 Å². The number of ether oxygens (including phenoxy) is 1. The van der Waals surface area contributed by atoms with Gasteiger partial charge in [-0.1, -0.05) is 12.1 Å². The number of nitrogens with zero attached hydrogens (tertiary/aromatic N) is 3. The Bertz CT molecular complexity index is 1390. The highest BCUT2D eigenvalue weighted by Crippen LogP contribution is 2.40. The fourth-order valence-electron chi connectivity index (χ4n) is 4.97. The molecule has 0 saturated carbocycles. The van der Waals surface area contributed by atoms with Crippen molar-refractivity contribution < 1.29 is 22.7 Å². The number of anilines is 5. The minimum absolute atomic E-state index is 0.0193. The van der Waals surface area contributed by atoms with Crippen molar-refractivity contribution in [2.45, 2.75) is 32.0 Å². The van der Waals surface area contributed by atoms with E-state index in [1.165, 1.54) is 7.11 Å². The summed E-state index contributed by atoms with van der Waals surface area (Å²) in [6.45, 7) is 7.09. The highest BCUT2D eigenvalue weighted by Gasteiger charge is 2.40. The minimum Gasteiger partial charge on any atom is -0.494 e. The summed E-state index contributed by atoms with van der Waals surface area (Å²) in [5.74, 6) is -0.0343. The molecule has 12 heteroatoms. The smallest absolute Gasteiger partial charge is 0.421 e. The third-order valence-corrected chi connectivity index (χ3v) is 7.05. The Kier molecular flexibility index (Phi) is 6.98. The van der Waals surface area contributed by atoms with Gasteiger partial charge in [-0.2, -0.15) is 18.2 Å². The Hall–Kier alpha value is -4.06. The molecular weight excluding hydrogens is 511 g/mol. The number of piperazine rings is 1. The number of carbonyl (C=O) groups excluding carboxylic acids is 1. The van der Waals surface area contributed by atoms with Crippen LogP contribution in [0.2, 0.25) is 0 Å². The molecule has 0 spiro atoms. The number of carbonyl (C=O) groups is 1. The van der Waals surface area contributed by atoms with Crippen molar-refractivity contribution in [2.24, 2.45) is 0 Å². The van der Waals surface area contributed by atoms with Crippen molar-refractivity contribution in [3.05, 3.63) is 59.3 Å². The van der Waals surface area contributed by atoms with Crippen LogP contribution in [0, 0.1) is 0 Å². The lowest BCUT2D eigenvalue weighted by atomic mass is 9.83. The summed E-state index contributed by atoms with van der Waals surface area (Å²) >= 11 is 0. The van der Waals surface area contributed by atoms with Crippen LogP contribution in [0.4, 0.5) is 42.0 Å². The van der Waals surface area contributed by atoms with Gasteiger partial charge in [-0.3, -0.25) is 4.79 Å². The number of amides is 1. The summed E-state index contributed by atoms with van der Waals surface area (Å²) in [4.78, 5) is 22.7. The van der Waals surface area contributed by atoms with Crippen molar-refractivity contribution in [2.75, 3.05) is 54.1 Å². The number of alkyl halides is 3. The van der Waals surface area contributed by atoms with E-state index in [1.807, 2.05) is 12.1 Å². The summed E-state index contributed by atoms with van der Waals surface area (Å²) in [5, 5.41) is 12.0. The quantitative estimate of drug-likeness (QED) is 0.347. The van der Waals surface area contributed by atoms with Crippen LogP contribution in [0.25, 0.3) is 0 Å². The number of nitrogens with one attached hydrogen (secondary N) is 4. The number of fused-ring (bicyclic) bond motifs is 1. The lowest BCUT2D eigenvalue weighted by Crippen LogP contribution is -2.43. The molecule has 5 rings (SSSR count). The van der Waals surface area contributed by atoms with E-state index in [1.54, 1.807) is 38.1 Å². The number of hydrogen-bond donors (Lipinski definition) is 4. The fourth-order valence-corrected chi connectivity index (χ4v) is 4.97. The van der Waals surface area contributed by atoms with Gasteiger partial charge in [0.15, 0.2) is 0 Å². The normalized spacial score (nSPS) is 16.5. The molecule has 1 aromatic heterocycles. The Balaban J connectivity index is 1.41. The first-order valence-electron chi connectivity index (χ1n) is 12.6. The molecule has 0 aliphatic carbocycles. The maximum Gasteiger partial charge on any atom is 0.421 e. The second-order valence-corrected chi connectivity index (χ2v) is 9.97. The monoisotopic (exact) mass is 541 g/mol. The van der Waals surface area contributed by atoms with Crippen LogP contribution >= 0.6 is 0 Å². The van der Waals surface area contributed by atoms with Gasteiger partial charge in [0.1, 0.15) is 17.1 Å². The third-order valence-electron chi connectivity index (χ3n) is 7.05. The molecule has 1 fully saturated rings. The number of aromatic nitrogens is 2. The Morgan fingerprint density at radius 3 is 2.64 bits per heavy atom. The number of rotatable bonds is 7. The van der Waals surface area contributed by atoms with Crippen LogP contribution in [0.3, 0.4) is 0 Å². The third kappa shape index (κ3) is 5.29. The van der Waals surface area contributed by atoms with E-state index in [4.69, 9.17) is 4.74 Å². The van der Waals surface area contributed by atoms with E-state index < -0.39 is 17.2 Å². The number of methoxy groups -OCH3 is 1. The highest BCUT2D eigenvalue weighted by atomic mass is 19.4. The summed E-state index contributed by atoms with van der Waals surface area (Å²) < 4.78 is 47.1.